The number of hydrogen-bond donors (Lipinski definition) is 1. The van der Waals surface area contributed by atoms with Gasteiger partial charge in [0.1, 0.15) is 12.4 Å². The van der Waals surface area contributed by atoms with E-state index in [2.05, 4.69) is 0 Å². The summed E-state index contributed by atoms with van der Waals surface area (Å²) in [7, 11) is 0. The maximum absolute atomic E-state index is 10.9. The Balaban J connectivity index is 2.20. The van der Waals surface area contributed by atoms with Crippen molar-refractivity contribution in [2.45, 2.75) is 13.5 Å². The first-order chi connectivity index (χ1) is 9.88. The first-order valence-corrected chi connectivity index (χ1v) is 6.15. The molecule has 1 N–H and O–H groups in total. The van der Waals surface area contributed by atoms with Crippen molar-refractivity contribution < 1.29 is 24.0 Å². The quantitative estimate of drug-likeness (QED) is 0.670. The Hall–Kier alpha value is -2.54. The molecule has 2 aromatic rings. The van der Waals surface area contributed by atoms with E-state index in [0.29, 0.717) is 11.3 Å². The number of carboxylic acids is 1. The van der Waals surface area contributed by atoms with Crippen LogP contribution >= 0.6 is 11.6 Å². The van der Waals surface area contributed by atoms with Crippen LogP contribution in [0.2, 0.25) is 5.02 Å². The molecule has 0 fully saturated rings. The largest absolute Gasteiger partial charge is 0.482 e. The minimum atomic E-state index is -1.19. The summed E-state index contributed by atoms with van der Waals surface area (Å²) in [4.78, 5) is 21.1. The molecule has 8 heteroatoms. The molecule has 0 aliphatic heterocycles. The van der Waals surface area contributed by atoms with Gasteiger partial charge < -0.3 is 14.3 Å². The van der Waals surface area contributed by atoms with E-state index in [0.717, 1.165) is 0 Å². The number of nitrogens with zero attached hydrogens (tertiary/aromatic N) is 1. The van der Waals surface area contributed by atoms with Crippen molar-refractivity contribution in [3.8, 4) is 5.75 Å². The van der Waals surface area contributed by atoms with Crippen LogP contribution in [0.5, 0.6) is 5.75 Å². The Morgan fingerprint density at radius 1 is 1.48 bits per heavy atom. The Morgan fingerprint density at radius 3 is 2.76 bits per heavy atom. The first kappa shape index (κ1) is 14.9. The van der Waals surface area contributed by atoms with Crippen LogP contribution in [0.1, 0.15) is 21.9 Å². The highest BCUT2D eigenvalue weighted by atomic mass is 35.5. The average Bonchev–Trinajstić information content (AvgIpc) is 2.79. The zero-order chi connectivity index (χ0) is 15.6. The highest BCUT2D eigenvalue weighted by Gasteiger charge is 2.18. The molecule has 0 aliphatic rings. The highest BCUT2D eigenvalue weighted by molar-refractivity contribution is 6.30. The van der Waals surface area contributed by atoms with Crippen LogP contribution in [-0.2, 0) is 6.61 Å². The van der Waals surface area contributed by atoms with Crippen molar-refractivity contribution in [2.75, 3.05) is 0 Å². The van der Waals surface area contributed by atoms with E-state index >= 15 is 0 Å². The number of nitro benzene ring substituents is 1. The maximum atomic E-state index is 10.9. The van der Waals surface area contributed by atoms with Crippen molar-refractivity contribution in [1.29, 1.82) is 0 Å². The molecule has 0 saturated heterocycles. The third kappa shape index (κ3) is 3.32. The van der Waals surface area contributed by atoms with E-state index in [4.69, 9.17) is 25.9 Å². The first-order valence-electron chi connectivity index (χ1n) is 5.78. The molecule has 2 rings (SSSR count). The van der Waals surface area contributed by atoms with Crippen molar-refractivity contribution in [3.05, 3.63) is 56.5 Å². The summed E-state index contributed by atoms with van der Waals surface area (Å²) in [5.41, 5.74) is 0.235. The Labute approximate surface area is 123 Å². The minimum absolute atomic E-state index is 0.0434. The molecule has 21 heavy (non-hydrogen) atoms. The number of rotatable bonds is 5. The van der Waals surface area contributed by atoms with Gasteiger partial charge in [-0.15, -0.1) is 0 Å². The van der Waals surface area contributed by atoms with Crippen LogP contribution in [0.25, 0.3) is 0 Å². The van der Waals surface area contributed by atoms with Gasteiger partial charge in [0.05, 0.1) is 4.92 Å². The molecule has 0 spiro atoms. The van der Waals surface area contributed by atoms with Crippen LogP contribution in [0.15, 0.2) is 28.7 Å². The molecule has 1 aromatic heterocycles. The summed E-state index contributed by atoms with van der Waals surface area (Å²) in [6.07, 6.45) is 0. The average molecular weight is 312 g/mol. The summed E-state index contributed by atoms with van der Waals surface area (Å²) in [5, 5.41) is 20.0. The van der Waals surface area contributed by atoms with Gasteiger partial charge >= 0.3 is 11.7 Å². The van der Waals surface area contributed by atoms with Crippen LogP contribution in [-0.4, -0.2) is 16.0 Å². The van der Waals surface area contributed by atoms with Gasteiger partial charge in [-0.2, -0.15) is 0 Å². The van der Waals surface area contributed by atoms with Crippen LogP contribution in [0, 0.1) is 17.0 Å². The van der Waals surface area contributed by atoms with Crippen molar-refractivity contribution in [2.24, 2.45) is 0 Å². The standard InChI is InChI=1S/C13H10ClNO6/c1-7-8(4-12(21-7)13(16)17)6-20-11-3-2-9(14)5-10(11)15(18)19/h2-5H,6H2,1H3,(H,16,17). The summed E-state index contributed by atoms with van der Waals surface area (Å²) in [6, 6.07) is 5.35. The summed E-state index contributed by atoms with van der Waals surface area (Å²) >= 11 is 5.70. The lowest BCUT2D eigenvalue weighted by Crippen LogP contribution is -1.99. The number of aryl methyl sites for hydroxylation is 1. The molecule has 1 aromatic carbocycles. The van der Waals surface area contributed by atoms with Gasteiger partial charge in [-0.3, -0.25) is 10.1 Å². The number of halogens is 1. The van der Waals surface area contributed by atoms with Gasteiger partial charge in [-0.25, -0.2) is 4.79 Å². The van der Waals surface area contributed by atoms with E-state index in [-0.39, 0.29) is 28.8 Å². The molecular formula is C13H10ClNO6. The molecule has 0 bridgehead atoms. The summed E-state index contributed by atoms with van der Waals surface area (Å²) in [6.45, 7) is 1.53. The smallest absolute Gasteiger partial charge is 0.371 e. The predicted molar refractivity (Wildman–Crippen MR) is 72.8 cm³/mol. The Kier molecular flexibility index (Phi) is 4.13. The molecule has 0 aliphatic carbocycles. The predicted octanol–water partition coefficient (Wildman–Crippen LogP) is 3.43. The monoisotopic (exact) mass is 311 g/mol. The number of carboxylic acid groups (broad SMARTS) is 1. The molecule has 0 saturated carbocycles. The lowest BCUT2D eigenvalue weighted by atomic mass is 10.2. The number of carbonyl (C=O) groups is 1. The second-order valence-corrected chi connectivity index (χ2v) is 4.59. The maximum Gasteiger partial charge on any atom is 0.371 e. The van der Waals surface area contributed by atoms with Crippen molar-refractivity contribution >= 4 is 23.3 Å². The van der Waals surface area contributed by atoms with Gasteiger partial charge in [-0.05, 0) is 25.1 Å². The lowest BCUT2D eigenvalue weighted by Gasteiger charge is -2.06. The topological polar surface area (TPSA) is 103 Å². The van der Waals surface area contributed by atoms with E-state index in [1.165, 1.54) is 24.3 Å². The fraction of sp³-hybridized carbons (Fsp3) is 0.154. The van der Waals surface area contributed by atoms with Gasteiger partial charge in [0.15, 0.2) is 5.75 Å². The van der Waals surface area contributed by atoms with Crippen LogP contribution < -0.4 is 4.74 Å². The zero-order valence-electron chi connectivity index (χ0n) is 10.8. The molecule has 0 radical (unpaired) electrons. The Bertz CT molecular complexity index is 709. The fourth-order valence-electron chi connectivity index (χ4n) is 1.68. The van der Waals surface area contributed by atoms with Gasteiger partial charge in [0.25, 0.3) is 0 Å². The number of furan rings is 1. The van der Waals surface area contributed by atoms with Gasteiger partial charge in [-0.1, -0.05) is 11.6 Å². The zero-order valence-corrected chi connectivity index (χ0v) is 11.6. The minimum Gasteiger partial charge on any atom is -0.482 e. The summed E-state index contributed by atoms with van der Waals surface area (Å²) in [5.74, 6) is -0.982. The molecule has 0 atom stereocenters. The number of benzene rings is 1. The molecule has 0 unspecified atom stereocenters. The normalized spacial score (nSPS) is 10.4. The SMILES string of the molecule is Cc1oc(C(=O)O)cc1COc1ccc(Cl)cc1[N+](=O)[O-]. The van der Waals surface area contributed by atoms with Gasteiger partial charge in [0.2, 0.25) is 5.76 Å². The van der Waals surface area contributed by atoms with E-state index in [1.807, 2.05) is 0 Å². The lowest BCUT2D eigenvalue weighted by molar-refractivity contribution is -0.385. The van der Waals surface area contributed by atoms with E-state index in [9.17, 15) is 14.9 Å². The Morgan fingerprint density at radius 2 is 2.19 bits per heavy atom. The summed E-state index contributed by atoms with van der Waals surface area (Å²) < 4.78 is 10.4. The van der Waals surface area contributed by atoms with Crippen LogP contribution in [0.3, 0.4) is 0 Å². The fourth-order valence-corrected chi connectivity index (χ4v) is 1.85. The number of hydrogen-bond acceptors (Lipinski definition) is 5. The second-order valence-electron chi connectivity index (χ2n) is 4.16. The molecular weight excluding hydrogens is 302 g/mol. The number of nitro groups is 1. The second kappa shape index (κ2) is 5.84. The molecule has 0 amide bonds. The van der Waals surface area contributed by atoms with Crippen LogP contribution in [0.4, 0.5) is 5.69 Å². The van der Waals surface area contributed by atoms with E-state index in [1.54, 1.807) is 6.92 Å². The molecule has 110 valence electrons. The highest BCUT2D eigenvalue weighted by Crippen LogP contribution is 2.31. The number of aromatic carboxylic acids is 1. The molecule has 1 heterocycles. The third-order valence-corrected chi connectivity index (χ3v) is 2.97. The third-order valence-electron chi connectivity index (χ3n) is 2.73. The number of ether oxygens (including phenoxy) is 1. The van der Waals surface area contributed by atoms with E-state index < -0.39 is 10.9 Å². The van der Waals surface area contributed by atoms with Crippen molar-refractivity contribution in [1.82, 2.24) is 0 Å². The van der Waals surface area contributed by atoms with Gasteiger partial charge in [0, 0.05) is 16.7 Å². The van der Waals surface area contributed by atoms with Crippen molar-refractivity contribution in [3.63, 3.8) is 0 Å². The molecule has 7 nitrogen and oxygen atoms in total.